The van der Waals surface area contributed by atoms with E-state index in [1.165, 1.54) is 36.1 Å². The van der Waals surface area contributed by atoms with Crippen LogP contribution in [-0.2, 0) is 19.6 Å². The third kappa shape index (κ3) is 5.30. The van der Waals surface area contributed by atoms with Crippen molar-refractivity contribution in [1.82, 2.24) is 4.90 Å². The number of carbonyl (C=O) groups is 2. The Morgan fingerprint density at radius 1 is 1.00 bits per heavy atom. The lowest BCUT2D eigenvalue weighted by atomic mass is 10.2. The van der Waals surface area contributed by atoms with Crippen LogP contribution in [0, 0.1) is 6.92 Å². The Morgan fingerprint density at radius 2 is 1.56 bits per heavy atom. The molecule has 0 radical (unpaired) electrons. The Labute approximate surface area is 159 Å². The molecule has 2 aromatic rings. The van der Waals surface area contributed by atoms with Gasteiger partial charge in [0.2, 0.25) is 0 Å². The van der Waals surface area contributed by atoms with Crippen molar-refractivity contribution in [2.45, 2.75) is 24.8 Å². The highest BCUT2D eigenvalue weighted by molar-refractivity contribution is 7.92. The van der Waals surface area contributed by atoms with Crippen LogP contribution < -0.4 is 4.72 Å². The third-order valence-electron chi connectivity index (χ3n) is 3.78. The van der Waals surface area contributed by atoms with Gasteiger partial charge in [-0.05, 0) is 50.2 Å². The number of anilines is 1. The fraction of sp³-hybridized carbons (Fsp3) is 0.263. The molecule has 0 aromatic heterocycles. The number of nitrogens with one attached hydrogen (secondary N) is 1. The maximum Gasteiger partial charge on any atom is 0.338 e. The molecule has 0 aliphatic carbocycles. The monoisotopic (exact) mass is 390 g/mol. The molecule has 0 heterocycles. The van der Waals surface area contributed by atoms with E-state index in [0.717, 1.165) is 5.56 Å². The van der Waals surface area contributed by atoms with Crippen LogP contribution in [0.5, 0.6) is 0 Å². The van der Waals surface area contributed by atoms with Crippen LogP contribution in [0.25, 0.3) is 0 Å². The molecule has 8 heteroatoms. The fourth-order valence-electron chi connectivity index (χ4n) is 2.25. The van der Waals surface area contributed by atoms with E-state index < -0.39 is 22.1 Å². The molecule has 0 aliphatic rings. The van der Waals surface area contributed by atoms with E-state index in [1.54, 1.807) is 38.4 Å². The van der Waals surface area contributed by atoms with Crippen molar-refractivity contribution in [3.8, 4) is 0 Å². The van der Waals surface area contributed by atoms with Gasteiger partial charge in [0.25, 0.3) is 15.9 Å². The Kier molecular flexibility index (Phi) is 6.22. The van der Waals surface area contributed by atoms with E-state index in [9.17, 15) is 18.0 Å². The number of carbonyl (C=O) groups excluding carboxylic acids is 2. The van der Waals surface area contributed by atoms with Crippen molar-refractivity contribution in [3.63, 3.8) is 0 Å². The zero-order valence-electron chi connectivity index (χ0n) is 15.6. The molecular weight excluding hydrogens is 368 g/mol. The summed E-state index contributed by atoms with van der Waals surface area (Å²) in [5.41, 5.74) is 1.62. The quantitative estimate of drug-likeness (QED) is 0.765. The summed E-state index contributed by atoms with van der Waals surface area (Å²) in [6.45, 7) is 3.38. The van der Waals surface area contributed by atoms with Crippen LogP contribution in [-0.4, -0.2) is 45.4 Å². The number of benzene rings is 2. The number of esters is 1. The van der Waals surface area contributed by atoms with Crippen molar-refractivity contribution in [3.05, 3.63) is 59.7 Å². The zero-order chi connectivity index (χ0) is 20.2. The minimum Gasteiger partial charge on any atom is -0.449 e. The summed E-state index contributed by atoms with van der Waals surface area (Å²) in [6, 6.07) is 12.2. The summed E-state index contributed by atoms with van der Waals surface area (Å²) in [6.07, 6.45) is -0.931. The second-order valence-corrected chi connectivity index (χ2v) is 7.96. The lowest BCUT2D eigenvalue weighted by Crippen LogP contribution is -2.34. The Morgan fingerprint density at radius 3 is 2.07 bits per heavy atom. The molecule has 2 aromatic carbocycles. The molecule has 1 atom stereocenters. The first-order valence-electron chi connectivity index (χ1n) is 8.22. The minimum absolute atomic E-state index is 0.0111. The number of aryl methyl sites for hydroxylation is 1. The van der Waals surface area contributed by atoms with Crippen molar-refractivity contribution < 1.29 is 22.7 Å². The number of nitrogens with zero attached hydrogens (tertiary/aromatic N) is 1. The van der Waals surface area contributed by atoms with Gasteiger partial charge in [0, 0.05) is 19.8 Å². The number of hydrogen-bond acceptors (Lipinski definition) is 5. The lowest BCUT2D eigenvalue weighted by Gasteiger charge is -2.17. The highest BCUT2D eigenvalue weighted by atomic mass is 32.2. The topological polar surface area (TPSA) is 92.8 Å². The third-order valence-corrected chi connectivity index (χ3v) is 5.17. The molecule has 7 nitrogen and oxygen atoms in total. The van der Waals surface area contributed by atoms with Crippen LogP contribution in [0.15, 0.2) is 53.4 Å². The standard InChI is InChI=1S/C19H22N2O5S/c1-13-5-9-16(10-6-13)20-27(24,25)17-11-7-15(8-12-17)19(23)26-14(2)18(22)21(3)4/h5-12,14,20H,1-4H3/t14-/m1/s1. The molecule has 0 fully saturated rings. The number of amides is 1. The normalized spacial score (nSPS) is 12.1. The van der Waals surface area contributed by atoms with Crippen LogP contribution in [0.4, 0.5) is 5.69 Å². The fourth-order valence-corrected chi connectivity index (χ4v) is 3.31. The first kappa shape index (κ1) is 20.4. The molecular formula is C19H22N2O5S. The molecule has 0 saturated heterocycles. The van der Waals surface area contributed by atoms with Gasteiger partial charge in [-0.15, -0.1) is 0 Å². The highest BCUT2D eigenvalue weighted by Crippen LogP contribution is 2.17. The summed E-state index contributed by atoms with van der Waals surface area (Å²) in [5.74, 6) is -1.04. The van der Waals surface area contributed by atoms with E-state index >= 15 is 0 Å². The minimum atomic E-state index is -3.78. The van der Waals surface area contributed by atoms with E-state index in [0.29, 0.717) is 5.69 Å². The largest absolute Gasteiger partial charge is 0.449 e. The first-order valence-corrected chi connectivity index (χ1v) is 9.70. The SMILES string of the molecule is Cc1ccc(NS(=O)(=O)c2ccc(C(=O)O[C@H](C)C(=O)N(C)C)cc2)cc1. The molecule has 2 rings (SSSR count). The molecule has 0 aliphatic heterocycles. The van der Waals surface area contributed by atoms with Crippen LogP contribution >= 0.6 is 0 Å². The van der Waals surface area contributed by atoms with Crippen LogP contribution in [0.3, 0.4) is 0 Å². The molecule has 1 amide bonds. The maximum absolute atomic E-state index is 12.4. The Bertz CT molecular complexity index is 920. The van der Waals surface area contributed by atoms with E-state index in [1.807, 2.05) is 6.92 Å². The molecule has 0 saturated carbocycles. The second kappa shape index (κ2) is 8.22. The predicted octanol–water partition coefficient (Wildman–Crippen LogP) is 2.43. The second-order valence-electron chi connectivity index (χ2n) is 6.28. The van der Waals surface area contributed by atoms with Gasteiger partial charge in [-0.25, -0.2) is 13.2 Å². The van der Waals surface area contributed by atoms with Gasteiger partial charge in [-0.1, -0.05) is 17.7 Å². The lowest BCUT2D eigenvalue weighted by molar-refractivity contribution is -0.137. The molecule has 0 unspecified atom stereocenters. The molecule has 144 valence electrons. The average Bonchev–Trinajstić information content (AvgIpc) is 2.62. The first-order chi connectivity index (χ1) is 12.6. The number of likely N-dealkylation sites (N-methyl/N-ethyl adjacent to an activating group) is 1. The average molecular weight is 390 g/mol. The Balaban J connectivity index is 2.10. The number of hydrogen-bond donors (Lipinski definition) is 1. The Hall–Kier alpha value is -2.87. The van der Waals surface area contributed by atoms with Gasteiger partial charge in [0.1, 0.15) is 0 Å². The summed E-state index contributed by atoms with van der Waals surface area (Å²) >= 11 is 0. The summed E-state index contributed by atoms with van der Waals surface area (Å²) in [7, 11) is -0.654. The van der Waals surface area contributed by atoms with E-state index in [-0.39, 0.29) is 16.4 Å². The number of rotatable bonds is 6. The predicted molar refractivity (Wildman–Crippen MR) is 102 cm³/mol. The van der Waals surface area contributed by atoms with Crippen LogP contribution in [0.1, 0.15) is 22.8 Å². The van der Waals surface area contributed by atoms with Crippen molar-refractivity contribution >= 4 is 27.6 Å². The van der Waals surface area contributed by atoms with Gasteiger partial charge >= 0.3 is 5.97 Å². The van der Waals surface area contributed by atoms with Gasteiger partial charge in [0.15, 0.2) is 6.10 Å². The van der Waals surface area contributed by atoms with Crippen molar-refractivity contribution in [1.29, 1.82) is 0 Å². The van der Waals surface area contributed by atoms with Crippen molar-refractivity contribution in [2.75, 3.05) is 18.8 Å². The van der Waals surface area contributed by atoms with Crippen molar-refractivity contribution in [2.24, 2.45) is 0 Å². The van der Waals surface area contributed by atoms with Gasteiger partial charge in [-0.2, -0.15) is 0 Å². The van der Waals surface area contributed by atoms with E-state index in [2.05, 4.69) is 4.72 Å². The van der Waals surface area contributed by atoms with Crippen LogP contribution in [0.2, 0.25) is 0 Å². The van der Waals surface area contributed by atoms with Gasteiger partial charge in [-0.3, -0.25) is 9.52 Å². The van der Waals surface area contributed by atoms with E-state index in [4.69, 9.17) is 4.74 Å². The molecule has 1 N–H and O–H groups in total. The molecule has 0 spiro atoms. The summed E-state index contributed by atoms with van der Waals surface area (Å²) in [4.78, 5) is 25.2. The van der Waals surface area contributed by atoms with Gasteiger partial charge < -0.3 is 9.64 Å². The zero-order valence-corrected chi connectivity index (χ0v) is 16.4. The number of sulfonamides is 1. The van der Waals surface area contributed by atoms with Gasteiger partial charge in [0.05, 0.1) is 10.5 Å². The smallest absolute Gasteiger partial charge is 0.338 e. The maximum atomic E-state index is 12.4. The summed E-state index contributed by atoms with van der Waals surface area (Å²) < 4.78 is 32.4. The summed E-state index contributed by atoms with van der Waals surface area (Å²) in [5, 5.41) is 0. The molecule has 0 bridgehead atoms. The molecule has 27 heavy (non-hydrogen) atoms. The highest BCUT2D eigenvalue weighted by Gasteiger charge is 2.21. The number of ether oxygens (including phenoxy) is 1.